The second-order valence-electron chi connectivity index (χ2n) is 14.0. The average molecular weight is 636 g/mol. The van der Waals surface area contributed by atoms with Crippen molar-refractivity contribution in [2.45, 2.75) is 91.0 Å². The van der Waals surface area contributed by atoms with Gasteiger partial charge in [-0.1, -0.05) is 26.0 Å². The van der Waals surface area contributed by atoms with Crippen LogP contribution >= 0.6 is 0 Å². The maximum absolute atomic E-state index is 13.6. The van der Waals surface area contributed by atoms with E-state index in [0.29, 0.717) is 17.0 Å². The van der Waals surface area contributed by atoms with Crippen LogP contribution in [0.4, 0.5) is 5.69 Å². The smallest absolute Gasteiger partial charge is 0.337 e. The van der Waals surface area contributed by atoms with Crippen molar-refractivity contribution < 1.29 is 27.8 Å². The molecule has 1 saturated heterocycles. The zero-order valence-electron chi connectivity index (χ0n) is 27.6. The molecule has 3 heterocycles. The van der Waals surface area contributed by atoms with Gasteiger partial charge in [-0.15, -0.1) is 0 Å². The van der Waals surface area contributed by atoms with Gasteiger partial charge in [0, 0.05) is 48.7 Å². The Morgan fingerprint density at radius 2 is 1.60 bits per heavy atom. The summed E-state index contributed by atoms with van der Waals surface area (Å²) in [6.07, 6.45) is 0.723. The van der Waals surface area contributed by atoms with Gasteiger partial charge in [0.15, 0.2) is 6.10 Å². The predicted octanol–water partition coefficient (Wildman–Crippen LogP) is 6.65. The van der Waals surface area contributed by atoms with Crippen molar-refractivity contribution in [3.63, 3.8) is 0 Å². The lowest BCUT2D eigenvalue weighted by atomic mass is 9.81. The van der Waals surface area contributed by atoms with Gasteiger partial charge in [0.1, 0.15) is 5.75 Å². The Morgan fingerprint density at radius 1 is 0.978 bits per heavy atom. The summed E-state index contributed by atoms with van der Waals surface area (Å²) < 4.78 is 40.0. The summed E-state index contributed by atoms with van der Waals surface area (Å²) in [5.41, 5.74) is 5.91. The highest BCUT2D eigenvalue weighted by molar-refractivity contribution is 7.89. The number of methoxy groups -OCH3 is 1. The lowest BCUT2D eigenvalue weighted by Gasteiger charge is -2.41. The zero-order chi connectivity index (χ0) is 32.9. The molecule has 2 aliphatic heterocycles. The molecule has 0 amide bonds. The first kappa shape index (κ1) is 32.9. The normalized spacial score (nSPS) is 17.6. The molecule has 0 radical (unpaired) electrons. The van der Waals surface area contributed by atoms with Crippen molar-refractivity contribution in [3.8, 4) is 16.9 Å². The van der Waals surface area contributed by atoms with Crippen LogP contribution in [0.2, 0.25) is 0 Å². The van der Waals surface area contributed by atoms with Gasteiger partial charge in [0.25, 0.3) is 0 Å². The number of piperidine rings is 1. The number of rotatable bonds is 8. The summed E-state index contributed by atoms with van der Waals surface area (Å²) in [6.45, 7) is 16.0. The summed E-state index contributed by atoms with van der Waals surface area (Å²) in [4.78, 5) is 20.2. The van der Waals surface area contributed by atoms with Crippen LogP contribution in [-0.4, -0.2) is 54.6 Å². The minimum Gasteiger partial charge on any atom is -0.497 e. The van der Waals surface area contributed by atoms with E-state index < -0.39 is 27.7 Å². The fraction of sp³-hybridized carbons (Fsp3) is 0.486. The number of carboxylic acid groups (broad SMARTS) is 1. The molecule has 242 valence electrons. The van der Waals surface area contributed by atoms with Gasteiger partial charge >= 0.3 is 5.97 Å². The summed E-state index contributed by atoms with van der Waals surface area (Å²) in [5, 5.41) is 10.5. The van der Waals surface area contributed by atoms with Gasteiger partial charge in [-0.05, 0) is 99.9 Å². The number of hydrogen-bond donors (Lipinski definition) is 1. The van der Waals surface area contributed by atoms with Crippen molar-refractivity contribution in [2.75, 3.05) is 25.1 Å². The van der Waals surface area contributed by atoms with Gasteiger partial charge in [0.2, 0.25) is 10.0 Å². The minimum atomic E-state index is -3.73. The Kier molecular flexibility index (Phi) is 8.80. The van der Waals surface area contributed by atoms with Gasteiger partial charge in [0.05, 0.1) is 23.3 Å². The maximum atomic E-state index is 13.6. The largest absolute Gasteiger partial charge is 0.497 e. The topological polar surface area (TPSA) is 109 Å². The lowest BCUT2D eigenvalue weighted by molar-refractivity contribution is -0.160. The Hall–Kier alpha value is -3.47. The number of nitrogens with zero attached hydrogens (tertiary/aromatic N) is 3. The fourth-order valence-electron chi connectivity index (χ4n) is 6.34. The van der Waals surface area contributed by atoms with Crippen LogP contribution in [0, 0.1) is 19.3 Å². The van der Waals surface area contributed by atoms with Crippen LogP contribution in [0.25, 0.3) is 11.1 Å². The second-order valence-corrected chi connectivity index (χ2v) is 15.9. The molecule has 0 spiro atoms. The van der Waals surface area contributed by atoms with E-state index in [2.05, 4.69) is 18.7 Å². The first-order chi connectivity index (χ1) is 21.0. The standard InChI is InChI=1S/C35H45N3O6S/c1-22-29(24-9-10-25-20-38(21-26(25)19-24)45(41,42)28-13-11-27(43-8)12-14-28)31(37-17-15-35(6,7)16-18-37)30(23(2)36-22)32(33(39)40)44-34(3,4)5/h9-14,19,32H,15-18,20-21H2,1-8H3,(H,39,40)/t32-/m0/s1. The molecule has 45 heavy (non-hydrogen) atoms. The Morgan fingerprint density at radius 3 is 2.18 bits per heavy atom. The number of aliphatic carboxylic acids is 1. The Bertz CT molecular complexity index is 1700. The molecule has 3 aromatic rings. The lowest BCUT2D eigenvalue weighted by Crippen LogP contribution is -2.39. The van der Waals surface area contributed by atoms with Crippen molar-refractivity contribution in [1.82, 2.24) is 9.29 Å². The number of sulfonamides is 1. The summed E-state index contributed by atoms with van der Waals surface area (Å²) in [7, 11) is -2.18. The molecular weight excluding hydrogens is 590 g/mol. The number of carbonyl (C=O) groups is 1. The van der Waals surface area contributed by atoms with E-state index in [9.17, 15) is 18.3 Å². The molecule has 10 heteroatoms. The molecule has 9 nitrogen and oxygen atoms in total. The highest BCUT2D eigenvalue weighted by Crippen LogP contribution is 2.45. The third-order valence-corrected chi connectivity index (χ3v) is 10.7. The molecule has 1 fully saturated rings. The van der Waals surface area contributed by atoms with Gasteiger partial charge < -0.3 is 19.5 Å². The second kappa shape index (κ2) is 12.0. The number of benzene rings is 2. The molecule has 0 bridgehead atoms. The Labute approximate surface area is 267 Å². The predicted molar refractivity (Wildman–Crippen MR) is 175 cm³/mol. The van der Waals surface area contributed by atoms with Crippen LogP contribution in [0.1, 0.15) is 81.6 Å². The number of anilines is 1. The third-order valence-electron chi connectivity index (χ3n) is 8.86. The van der Waals surface area contributed by atoms with Crippen LogP contribution in [0.15, 0.2) is 47.4 Å². The van der Waals surface area contributed by atoms with Crippen molar-refractivity contribution >= 4 is 21.7 Å². The molecule has 0 unspecified atom stereocenters. The third kappa shape index (κ3) is 6.73. The van der Waals surface area contributed by atoms with E-state index in [1.54, 1.807) is 31.4 Å². The van der Waals surface area contributed by atoms with Crippen LogP contribution in [0.3, 0.4) is 0 Å². The molecule has 0 saturated carbocycles. The van der Waals surface area contributed by atoms with E-state index in [1.165, 1.54) is 4.31 Å². The summed E-state index contributed by atoms with van der Waals surface area (Å²) in [6, 6.07) is 12.5. The van der Waals surface area contributed by atoms with Crippen LogP contribution < -0.4 is 9.64 Å². The number of fused-ring (bicyclic) bond motifs is 1. The number of aromatic nitrogens is 1. The first-order valence-corrected chi connectivity index (χ1v) is 16.9. The average Bonchev–Trinajstić information content (AvgIpc) is 3.40. The number of ether oxygens (including phenoxy) is 2. The van der Waals surface area contributed by atoms with Gasteiger partial charge in [-0.3, -0.25) is 4.98 Å². The van der Waals surface area contributed by atoms with Crippen molar-refractivity contribution in [1.29, 1.82) is 0 Å². The van der Waals surface area contributed by atoms with E-state index in [1.807, 2.05) is 52.8 Å². The highest BCUT2D eigenvalue weighted by Gasteiger charge is 2.37. The van der Waals surface area contributed by atoms with Crippen LogP contribution in [0.5, 0.6) is 5.75 Å². The number of aryl methyl sites for hydroxylation is 2. The fourth-order valence-corrected chi connectivity index (χ4v) is 7.74. The van der Waals surface area contributed by atoms with Gasteiger partial charge in [-0.25, -0.2) is 13.2 Å². The monoisotopic (exact) mass is 635 g/mol. The molecule has 2 aromatic carbocycles. The van der Waals surface area contributed by atoms with E-state index in [4.69, 9.17) is 14.5 Å². The first-order valence-electron chi connectivity index (χ1n) is 15.4. The maximum Gasteiger partial charge on any atom is 0.337 e. The molecule has 0 aliphatic carbocycles. The van der Waals surface area contributed by atoms with Crippen molar-refractivity contribution in [2.24, 2.45) is 5.41 Å². The van der Waals surface area contributed by atoms with Crippen LogP contribution in [-0.2, 0) is 32.6 Å². The SMILES string of the molecule is COc1ccc(S(=O)(=O)N2Cc3ccc(-c4c(C)nc(C)c([C@H](OC(C)(C)C)C(=O)O)c4N4CCC(C)(C)CC4)cc3C2)cc1. The Balaban J connectivity index is 1.61. The molecule has 2 aliphatic rings. The van der Waals surface area contributed by atoms with Crippen molar-refractivity contribution in [3.05, 3.63) is 70.5 Å². The highest BCUT2D eigenvalue weighted by atomic mass is 32.2. The number of pyridine rings is 1. The number of hydrogen-bond acceptors (Lipinski definition) is 7. The molecule has 1 atom stereocenters. The quantitative estimate of drug-likeness (QED) is 0.293. The van der Waals surface area contributed by atoms with E-state index in [0.717, 1.165) is 59.6 Å². The molecule has 1 N–H and O–H groups in total. The minimum absolute atomic E-state index is 0.189. The summed E-state index contributed by atoms with van der Waals surface area (Å²) >= 11 is 0. The summed E-state index contributed by atoms with van der Waals surface area (Å²) in [5.74, 6) is -0.465. The van der Waals surface area contributed by atoms with E-state index >= 15 is 0 Å². The zero-order valence-corrected chi connectivity index (χ0v) is 28.4. The molecular formula is C35H45N3O6S. The molecule has 1 aromatic heterocycles. The number of carboxylic acids is 1. The van der Waals surface area contributed by atoms with E-state index in [-0.39, 0.29) is 23.4 Å². The molecule has 5 rings (SSSR count). The van der Waals surface area contributed by atoms with Gasteiger partial charge in [-0.2, -0.15) is 4.31 Å².